The van der Waals surface area contributed by atoms with Crippen LogP contribution >= 0.6 is 0 Å². The Labute approximate surface area is 192 Å². The Morgan fingerprint density at radius 1 is 1.24 bits per heavy atom. The number of benzene rings is 2. The largest absolute Gasteiger partial charge is 0.493 e. The summed E-state index contributed by atoms with van der Waals surface area (Å²) >= 11 is 0. The van der Waals surface area contributed by atoms with E-state index in [0.29, 0.717) is 22.8 Å². The van der Waals surface area contributed by atoms with Gasteiger partial charge >= 0.3 is 0 Å². The number of aryl methyl sites for hydroxylation is 1. The number of hydrogen-bond acceptors (Lipinski definition) is 10. The fraction of sp³-hybridized carbons (Fsp3) is 0.143. The molecular formula is C21H19FN8O4. The van der Waals surface area contributed by atoms with Crippen molar-refractivity contribution in [3.05, 3.63) is 70.8 Å². The first-order valence-corrected chi connectivity index (χ1v) is 9.85. The van der Waals surface area contributed by atoms with Crippen molar-refractivity contribution in [1.29, 1.82) is 0 Å². The molecule has 4 rings (SSSR count). The lowest BCUT2D eigenvalue weighted by molar-refractivity contribution is 0.0946. The molecule has 0 aliphatic carbocycles. The highest BCUT2D eigenvalue weighted by Crippen LogP contribution is 2.28. The number of hydrazone groups is 1. The molecule has 0 atom stereocenters. The highest BCUT2D eigenvalue weighted by atomic mass is 19.1. The Kier molecular flexibility index (Phi) is 6.43. The smallest absolute Gasteiger partial charge is 0.292 e. The quantitative estimate of drug-likeness (QED) is 0.293. The van der Waals surface area contributed by atoms with Gasteiger partial charge in [-0.25, -0.2) is 14.4 Å². The number of methoxy groups -OCH3 is 1. The molecular weight excluding hydrogens is 447 g/mol. The van der Waals surface area contributed by atoms with Crippen molar-refractivity contribution < 1.29 is 23.3 Å². The molecule has 0 radical (unpaired) electrons. The standard InChI is InChI=1S/C21H19FN8O4/c1-12-18(30(29-25-12)20-19(23)27-34-28-20)21(31)26-24-10-14-5-8-16(17(9-14)32-2)33-11-13-3-6-15(22)7-4-13/h3-10H,11H2,1-2H3,(H2,23,27)(H,26,31). The second-order valence-corrected chi connectivity index (χ2v) is 6.93. The van der Waals surface area contributed by atoms with Crippen molar-refractivity contribution >= 4 is 17.9 Å². The lowest BCUT2D eigenvalue weighted by Crippen LogP contribution is -2.22. The van der Waals surface area contributed by atoms with Gasteiger partial charge in [0, 0.05) is 0 Å². The number of carbonyl (C=O) groups excluding carboxylic acids is 1. The van der Waals surface area contributed by atoms with Crippen molar-refractivity contribution in [3.8, 4) is 17.3 Å². The van der Waals surface area contributed by atoms with Crippen LogP contribution in [0.3, 0.4) is 0 Å². The molecule has 34 heavy (non-hydrogen) atoms. The zero-order chi connectivity index (χ0) is 24.1. The number of nitrogens with zero attached hydrogens (tertiary/aromatic N) is 6. The minimum Gasteiger partial charge on any atom is -0.493 e. The number of rotatable bonds is 8. The van der Waals surface area contributed by atoms with Crippen LogP contribution in [-0.4, -0.2) is 44.5 Å². The van der Waals surface area contributed by atoms with Gasteiger partial charge in [-0.05, 0) is 58.7 Å². The van der Waals surface area contributed by atoms with E-state index in [2.05, 4.69) is 35.8 Å². The molecule has 13 heteroatoms. The number of nitrogen functional groups attached to an aromatic ring is 1. The lowest BCUT2D eigenvalue weighted by Gasteiger charge is -2.11. The number of anilines is 1. The van der Waals surface area contributed by atoms with Crippen molar-refractivity contribution in [2.24, 2.45) is 5.10 Å². The second kappa shape index (κ2) is 9.77. The first kappa shape index (κ1) is 22.4. The second-order valence-electron chi connectivity index (χ2n) is 6.93. The summed E-state index contributed by atoms with van der Waals surface area (Å²) in [5.41, 5.74) is 9.93. The van der Waals surface area contributed by atoms with Gasteiger partial charge in [0.1, 0.15) is 12.4 Å². The summed E-state index contributed by atoms with van der Waals surface area (Å²) in [4.78, 5) is 12.6. The molecule has 0 saturated heterocycles. The first-order chi connectivity index (χ1) is 16.5. The summed E-state index contributed by atoms with van der Waals surface area (Å²) < 4.78 is 29.8. The highest BCUT2D eigenvalue weighted by Gasteiger charge is 2.22. The average molecular weight is 466 g/mol. The number of ether oxygens (including phenoxy) is 2. The van der Waals surface area contributed by atoms with E-state index in [1.54, 1.807) is 37.3 Å². The van der Waals surface area contributed by atoms with Gasteiger partial charge in [0.25, 0.3) is 5.91 Å². The number of halogens is 1. The number of nitrogens with one attached hydrogen (secondary N) is 1. The molecule has 2 heterocycles. The average Bonchev–Trinajstić information content (AvgIpc) is 3.43. The first-order valence-electron chi connectivity index (χ1n) is 9.85. The van der Waals surface area contributed by atoms with Crippen LogP contribution in [0.25, 0.3) is 5.82 Å². The third kappa shape index (κ3) is 4.82. The highest BCUT2D eigenvalue weighted by molar-refractivity contribution is 5.94. The van der Waals surface area contributed by atoms with Gasteiger partial charge in [0.05, 0.1) is 19.0 Å². The van der Waals surface area contributed by atoms with Gasteiger partial charge in [-0.1, -0.05) is 17.3 Å². The predicted octanol–water partition coefficient (Wildman–Crippen LogP) is 2.03. The normalized spacial score (nSPS) is 11.0. The van der Waals surface area contributed by atoms with Gasteiger partial charge < -0.3 is 15.2 Å². The third-order valence-corrected chi connectivity index (χ3v) is 4.62. The van der Waals surface area contributed by atoms with Crippen molar-refractivity contribution in [3.63, 3.8) is 0 Å². The van der Waals surface area contributed by atoms with E-state index in [1.807, 2.05) is 0 Å². The Hall–Kier alpha value is -4.81. The van der Waals surface area contributed by atoms with Crippen molar-refractivity contribution in [2.45, 2.75) is 13.5 Å². The van der Waals surface area contributed by atoms with Crippen molar-refractivity contribution in [1.82, 2.24) is 30.7 Å². The topological polar surface area (TPSA) is 156 Å². The van der Waals surface area contributed by atoms with Crippen LogP contribution in [0.1, 0.15) is 27.3 Å². The fourth-order valence-electron chi connectivity index (χ4n) is 2.95. The molecule has 0 bridgehead atoms. The number of amides is 1. The molecule has 4 aromatic rings. The van der Waals surface area contributed by atoms with Crippen LogP contribution in [0.2, 0.25) is 0 Å². The molecule has 12 nitrogen and oxygen atoms in total. The molecule has 2 aromatic heterocycles. The Morgan fingerprint density at radius 2 is 2.03 bits per heavy atom. The van der Waals surface area contributed by atoms with Gasteiger partial charge in [-0.3, -0.25) is 4.79 Å². The summed E-state index contributed by atoms with van der Waals surface area (Å²) in [5, 5.41) is 18.8. The van der Waals surface area contributed by atoms with E-state index in [1.165, 1.54) is 25.5 Å². The fourth-order valence-corrected chi connectivity index (χ4v) is 2.95. The van der Waals surface area contributed by atoms with Gasteiger partial charge in [0.15, 0.2) is 17.2 Å². The van der Waals surface area contributed by atoms with Crippen LogP contribution in [0, 0.1) is 12.7 Å². The molecule has 0 aliphatic rings. The summed E-state index contributed by atoms with van der Waals surface area (Å²) in [6.07, 6.45) is 1.43. The predicted molar refractivity (Wildman–Crippen MR) is 117 cm³/mol. The maximum atomic E-state index is 13.0. The molecule has 3 N–H and O–H groups in total. The number of hydrogen-bond donors (Lipinski definition) is 2. The summed E-state index contributed by atoms with van der Waals surface area (Å²) in [5.74, 6) is 0.0495. The van der Waals surface area contributed by atoms with Crippen LogP contribution in [-0.2, 0) is 6.61 Å². The monoisotopic (exact) mass is 466 g/mol. The van der Waals surface area contributed by atoms with E-state index < -0.39 is 5.91 Å². The Morgan fingerprint density at radius 3 is 2.74 bits per heavy atom. The number of aromatic nitrogens is 5. The summed E-state index contributed by atoms with van der Waals surface area (Å²) in [6, 6.07) is 11.1. The van der Waals surface area contributed by atoms with Gasteiger partial charge in [-0.2, -0.15) is 9.78 Å². The van der Waals surface area contributed by atoms with Crippen LogP contribution in [0.5, 0.6) is 11.5 Å². The minimum atomic E-state index is -0.590. The Bertz CT molecular complexity index is 1330. The van der Waals surface area contributed by atoms with Gasteiger partial charge in [0.2, 0.25) is 11.6 Å². The zero-order valence-electron chi connectivity index (χ0n) is 18.1. The molecule has 0 unspecified atom stereocenters. The van der Waals surface area contributed by atoms with Crippen LogP contribution < -0.4 is 20.6 Å². The molecule has 1 amide bonds. The maximum absolute atomic E-state index is 13.0. The van der Waals surface area contributed by atoms with E-state index in [4.69, 9.17) is 15.2 Å². The summed E-state index contributed by atoms with van der Waals surface area (Å²) in [6.45, 7) is 1.84. The minimum absolute atomic E-state index is 0.0377. The number of nitrogens with two attached hydrogens (primary N) is 1. The summed E-state index contributed by atoms with van der Waals surface area (Å²) in [7, 11) is 1.50. The molecule has 0 aliphatic heterocycles. The Balaban J connectivity index is 1.43. The zero-order valence-corrected chi connectivity index (χ0v) is 18.1. The van der Waals surface area contributed by atoms with E-state index in [0.717, 1.165) is 10.2 Å². The third-order valence-electron chi connectivity index (χ3n) is 4.62. The maximum Gasteiger partial charge on any atom is 0.292 e. The molecule has 174 valence electrons. The molecule has 0 fully saturated rings. The van der Waals surface area contributed by atoms with E-state index in [-0.39, 0.29) is 29.8 Å². The SMILES string of the molecule is COc1cc(C=NNC(=O)c2c(C)nnn2-c2nonc2N)ccc1OCc1ccc(F)cc1. The van der Waals surface area contributed by atoms with E-state index in [9.17, 15) is 9.18 Å². The van der Waals surface area contributed by atoms with Gasteiger partial charge in [-0.15, -0.1) is 5.10 Å². The lowest BCUT2D eigenvalue weighted by atomic mass is 10.2. The van der Waals surface area contributed by atoms with Crippen molar-refractivity contribution in [2.75, 3.05) is 12.8 Å². The van der Waals surface area contributed by atoms with Crippen LogP contribution in [0.4, 0.5) is 10.2 Å². The molecule has 2 aromatic carbocycles. The number of carbonyl (C=O) groups is 1. The van der Waals surface area contributed by atoms with E-state index >= 15 is 0 Å². The van der Waals surface area contributed by atoms with Crippen LogP contribution in [0.15, 0.2) is 52.2 Å². The molecule has 0 spiro atoms. The molecule has 0 saturated carbocycles.